The van der Waals surface area contributed by atoms with Gasteiger partial charge in [0.15, 0.2) is 0 Å². The Balaban J connectivity index is 0.00000184. The summed E-state index contributed by atoms with van der Waals surface area (Å²) in [5.41, 5.74) is 14.7. The maximum atomic E-state index is 2.83. The Kier molecular flexibility index (Phi) is 9.64. The summed E-state index contributed by atoms with van der Waals surface area (Å²) >= 11 is -3.06. The normalized spacial score (nSPS) is 18.1. The van der Waals surface area contributed by atoms with Crippen LogP contribution >= 0.6 is 24.8 Å². The van der Waals surface area contributed by atoms with Crippen molar-refractivity contribution in [1.29, 1.82) is 0 Å². The summed E-state index contributed by atoms with van der Waals surface area (Å²) in [5.74, 6) is 0. The van der Waals surface area contributed by atoms with Crippen LogP contribution in [-0.4, -0.2) is 6.65 Å². The summed E-state index contributed by atoms with van der Waals surface area (Å²) in [6.07, 6.45) is 5.10. The SMILES string of the molecule is CC1=Cc2c(-c3ccccc3)cccc2[CH]1[Zr]([CH3])([SiH2]c1ccccc1)[CH]1C(C)=Cc2c(-c3ccccc3)cccc21.Cl.Cl. The van der Waals surface area contributed by atoms with E-state index < -0.39 is 26.1 Å². The molecule has 5 aromatic carbocycles. The van der Waals surface area contributed by atoms with Crippen molar-refractivity contribution in [3.8, 4) is 22.3 Å². The van der Waals surface area contributed by atoms with Gasteiger partial charge in [-0.1, -0.05) is 0 Å². The molecule has 0 heterocycles. The Bertz CT molecular complexity index is 1690. The number of benzene rings is 5. The van der Waals surface area contributed by atoms with Crippen molar-refractivity contribution in [3.05, 3.63) is 161 Å². The first-order chi connectivity index (χ1) is 20.0. The molecule has 0 fully saturated rings. The summed E-state index contributed by atoms with van der Waals surface area (Å²) in [6, 6.07) is 47.7. The first kappa shape index (κ1) is 31.7. The molecule has 0 aromatic heterocycles. The van der Waals surface area contributed by atoms with Crippen molar-refractivity contribution in [1.82, 2.24) is 0 Å². The zero-order valence-corrected chi connectivity index (χ0v) is 30.5. The van der Waals surface area contributed by atoms with Gasteiger partial charge in [0, 0.05) is 0 Å². The van der Waals surface area contributed by atoms with Crippen LogP contribution < -0.4 is 5.19 Å². The molecule has 0 radical (unpaired) electrons. The van der Waals surface area contributed by atoms with Gasteiger partial charge in [0.25, 0.3) is 0 Å². The molecule has 0 nitrogen and oxygen atoms in total. The zero-order valence-electron chi connectivity index (χ0n) is 25.0. The molecule has 0 saturated carbocycles. The van der Waals surface area contributed by atoms with Crippen LogP contribution in [0, 0.1) is 0 Å². The molecule has 2 aliphatic rings. The van der Waals surface area contributed by atoms with Gasteiger partial charge in [0.2, 0.25) is 0 Å². The molecule has 5 aromatic rings. The third-order valence-corrected chi connectivity index (χ3v) is 34.8. The zero-order chi connectivity index (χ0) is 28.0. The van der Waals surface area contributed by atoms with Crippen LogP contribution in [0.4, 0.5) is 0 Å². The quantitative estimate of drug-likeness (QED) is 0.155. The maximum Gasteiger partial charge on any atom is -0.147 e. The molecule has 0 spiro atoms. The first-order valence-corrected chi connectivity index (χ1v) is 26.7. The van der Waals surface area contributed by atoms with Crippen LogP contribution in [-0.2, 0) is 19.4 Å². The van der Waals surface area contributed by atoms with Crippen LogP contribution in [0.25, 0.3) is 34.4 Å². The van der Waals surface area contributed by atoms with Gasteiger partial charge < -0.3 is 0 Å². The van der Waals surface area contributed by atoms with Crippen LogP contribution in [0.1, 0.15) is 43.4 Å². The number of hydrogen-bond acceptors (Lipinski definition) is 0. The van der Waals surface area contributed by atoms with Crippen molar-refractivity contribution in [3.63, 3.8) is 0 Å². The van der Waals surface area contributed by atoms with Crippen molar-refractivity contribution < 1.29 is 19.4 Å². The summed E-state index contributed by atoms with van der Waals surface area (Å²) in [4.78, 5) is 0. The number of rotatable bonds is 6. The third kappa shape index (κ3) is 5.65. The average Bonchev–Trinajstić information content (AvgIpc) is 3.54. The Morgan fingerprint density at radius 1 is 0.488 bits per heavy atom. The van der Waals surface area contributed by atoms with Crippen molar-refractivity contribution in [2.75, 3.05) is 0 Å². The summed E-state index contributed by atoms with van der Waals surface area (Å²) < 4.78 is 3.98. The Morgan fingerprint density at radius 3 is 1.30 bits per heavy atom. The molecule has 216 valence electrons. The second-order valence-electron chi connectivity index (χ2n) is 12.2. The van der Waals surface area contributed by atoms with Crippen LogP contribution in [0.3, 0.4) is 0 Å². The van der Waals surface area contributed by atoms with Gasteiger partial charge in [-0.2, -0.15) is 0 Å². The molecule has 2 aliphatic carbocycles. The van der Waals surface area contributed by atoms with Gasteiger partial charge in [-0.25, -0.2) is 0 Å². The fourth-order valence-corrected chi connectivity index (χ4v) is 38.5. The summed E-state index contributed by atoms with van der Waals surface area (Å²) in [6.45, 7) is 4.35. The van der Waals surface area contributed by atoms with E-state index in [2.05, 4.69) is 158 Å². The molecule has 0 amide bonds. The van der Waals surface area contributed by atoms with Crippen LogP contribution in [0.5, 0.6) is 0 Å². The van der Waals surface area contributed by atoms with Gasteiger partial charge in [-0.3, -0.25) is 0 Å². The van der Waals surface area contributed by atoms with E-state index in [0.717, 1.165) is 0 Å². The third-order valence-electron chi connectivity index (χ3n) is 9.47. The minimum absolute atomic E-state index is 0. The van der Waals surface area contributed by atoms with Crippen LogP contribution in [0.2, 0.25) is 4.63 Å². The predicted octanol–water partition coefficient (Wildman–Crippen LogP) is 10.1. The van der Waals surface area contributed by atoms with Gasteiger partial charge in [0.05, 0.1) is 0 Å². The van der Waals surface area contributed by atoms with Crippen molar-refractivity contribution in [2.24, 2.45) is 0 Å². The molecular weight excluding hydrogens is 659 g/mol. The molecule has 0 bridgehead atoms. The molecule has 7 rings (SSSR count). The molecule has 2 unspecified atom stereocenters. The Labute approximate surface area is 275 Å². The minimum atomic E-state index is -3.06. The van der Waals surface area contributed by atoms with E-state index in [9.17, 15) is 0 Å². The monoisotopic (exact) mass is 694 g/mol. The van der Waals surface area contributed by atoms with Gasteiger partial charge in [0.1, 0.15) is 0 Å². The van der Waals surface area contributed by atoms with E-state index in [1.165, 1.54) is 33.4 Å². The number of fused-ring (bicyclic) bond motifs is 2. The smallest absolute Gasteiger partial charge is 0.147 e. The average molecular weight is 697 g/mol. The van der Waals surface area contributed by atoms with E-state index in [4.69, 9.17) is 0 Å². The van der Waals surface area contributed by atoms with E-state index in [-0.39, 0.29) is 24.8 Å². The molecule has 4 heteroatoms. The van der Waals surface area contributed by atoms with Crippen molar-refractivity contribution in [2.45, 2.75) is 25.7 Å². The fraction of sp³-hybridized carbons (Fsp3) is 0.128. The van der Waals surface area contributed by atoms with Gasteiger partial charge in [-0.15, -0.1) is 24.8 Å². The predicted molar refractivity (Wildman–Crippen MR) is 192 cm³/mol. The standard InChI is InChI=1S/2C16H13.C6H7Si.CH3.2ClH.Zr/c2*1-12-10-14-8-5-9-15(16(14)11-12)13-6-3-2-4-7-13;7-6-4-2-1-3-5-6;;;;/h2*2-11H,1H3;1-5H,7H2;1H3;2*1H;. The summed E-state index contributed by atoms with van der Waals surface area (Å²) in [5, 5.41) is 1.63. The largest absolute Gasteiger partial charge is 0.147 e. The molecule has 0 saturated heterocycles. The van der Waals surface area contributed by atoms with Crippen LogP contribution in [0.15, 0.2) is 139 Å². The van der Waals surface area contributed by atoms with E-state index in [0.29, 0.717) is 7.25 Å². The second-order valence-corrected chi connectivity index (χ2v) is 35.2. The van der Waals surface area contributed by atoms with E-state index in [1.807, 2.05) is 0 Å². The molecule has 2 atom stereocenters. The molecule has 0 aliphatic heterocycles. The number of allylic oxidation sites excluding steroid dienone is 2. The maximum absolute atomic E-state index is 3.06. The fourth-order valence-electron chi connectivity index (χ4n) is 8.00. The van der Waals surface area contributed by atoms with Gasteiger partial charge in [-0.05, 0) is 0 Å². The molecular formula is C39H38Cl2SiZr. The topological polar surface area (TPSA) is 0 Å². The Morgan fingerprint density at radius 2 is 0.884 bits per heavy atom. The van der Waals surface area contributed by atoms with Gasteiger partial charge >= 0.3 is 252 Å². The molecule has 43 heavy (non-hydrogen) atoms. The summed E-state index contributed by atoms with van der Waals surface area (Å²) in [7, 11) is 0. The molecule has 0 N–H and O–H groups in total. The minimum Gasteiger partial charge on any atom is -0.147 e. The Hall–Kier alpha value is -2.74. The number of halogens is 2. The van der Waals surface area contributed by atoms with E-state index >= 15 is 0 Å². The first-order valence-electron chi connectivity index (χ1n) is 14.8. The van der Waals surface area contributed by atoms with E-state index in [1.54, 1.807) is 27.5 Å². The number of hydrogen-bond donors (Lipinski definition) is 0. The van der Waals surface area contributed by atoms with Crippen molar-refractivity contribution >= 4 is 48.8 Å². The second kappa shape index (κ2) is 13.1.